The Bertz CT molecular complexity index is 470. The SMILES string of the molecule is NCC1CC(=O)N(Cc2nnc3n2CCCCC3)C1. The lowest BCUT2D eigenvalue weighted by atomic mass is 10.1. The summed E-state index contributed by atoms with van der Waals surface area (Å²) in [7, 11) is 0. The van der Waals surface area contributed by atoms with Gasteiger partial charge in [-0.25, -0.2) is 0 Å². The number of rotatable bonds is 3. The molecule has 1 aromatic heterocycles. The van der Waals surface area contributed by atoms with Crippen LogP contribution in [0.15, 0.2) is 0 Å². The van der Waals surface area contributed by atoms with Crippen molar-refractivity contribution >= 4 is 5.91 Å². The fourth-order valence-corrected chi connectivity index (χ4v) is 3.00. The van der Waals surface area contributed by atoms with E-state index < -0.39 is 0 Å². The molecule has 1 atom stereocenters. The maximum atomic E-state index is 11.9. The number of nitrogens with two attached hydrogens (primary N) is 1. The monoisotopic (exact) mass is 263 g/mol. The standard InChI is InChI=1S/C13H21N5O/c14-7-10-6-13(19)17(8-10)9-12-16-15-11-4-2-1-3-5-18(11)12/h10H,1-9,14H2. The van der Waals surface area contributed by atoms with E-state index in [1.54, 1.807) is 0 Å². The predicted octanol–water partition coefficient (Wildman–Crippen LogP) is 0.312. The van der Waals surface area contributed by atoms with Crippen LogP contribution < -0.4 is 5.73 Å². The van der Waals surface area contributed by atoms with E-state index in [9.17, 15) is 4.79 Å². The number of aryl methyl sites for hydroxylation is 1. The minimum atomic E-state index is 0.196. The summed E-state index contributed by atoms with van der Waals surface area (Å²) in [4.78, 5) is 13.8. The Labute approximate surface area is 113 Å². The summed E-state index contributed by atoms with van der Waals surface area (Å²) in [6.07, 6.45) is 5.21. The first-order valence-corrected chi connectivity index (χ1v) is 7.16. The number of hydrogen-bond donors (Lipinski definition) is 1. The van der Waals surface area contributed by atoms with Crippen molar-refractivity contribution < 1.29 is 4.79 Å². The maximum absolute atomic E-state index is 11.9. The fraction of sp³-hybridized carbons (Fsp3) is 0.769. The predicted molar refractivity (Wildman–Crippen MR) is 70.2 cm³/mol. The van der Waals surface area contributed by atoms with Gasteiger partial charge < -0.3 is 15.2 Å². The van der Waals surface area contributed by atoms with Crippen LogP contribution in [0.5, 0.6) is 0 Å². The number of nitrogens with zero attached hydrogens (tertiary/aromatic N) is 4. The number of aromatic nitrogens is 3. The van der Waals surface area contributed by atoms with Crippen molar-refractivity contribution in [3.05, 3.63) is 11.6 Å². The number of carbonyl (C=O) groups excluding carboxylic acids is 1. The first kappa shape index (κ1) is 12.6. The molecule has 0 aromatic carbocycles. The van der Waals surface area contributed by atoms with Crippen molar-refractivity contribution in [2.24, 2.45) is 11.7 Å². The quantitative estimate of drug-likeness (QED) is 0.851. The van der Waals surface area contributed by atoms with Gasteiger partial charge in [-0.3, -0.25) is 4.79 Å². The molecule has 3 heterocycles. The second kappa shape index (κ2) is 5.28. The van der Waals surface area contributed by atoms with E-state index in [-0.39, 0.29) is 5.91 Å². The molecule has 1 fully saturated rings. The molecule has 19 heavy (non-hydrogen) atoms. The zero-order valence-electron chi connectivity index (χ0n) is 11.2. The Hall–Kier alpha value is -1.43. The smallest absolute Gasteiger partial charge is 0.223 e. The van der Waals surface area contributed by atoms with Crippen LogP contribution in [-0.2, 0) is 24.3 Å². The molecule has 6 heteroatoms. The van der Waals surface area contributed by atoms with Crippen LogP contribution in [0.3, 0.4) is 0 Å². The van der Waals surface area contributed by atoms with Crippen LogP contribution >= 0.6 is 0 Å². The first-order valence-electron chi connectivity index (χ1n) is 7.16. The van der Waals surface area contributed by atoms with E-state index in [1.165, 1.54) is 19.3 Å². The van der Waals surface area contributed by atoms with E-state index >= 15 is 0 Å². The average Bonchev–Trinajstić information content (AvgIpc) is 2.86. The topological polar surface area (TPSA) is 77.0 Å². The van der Waals surface area contributed by atoms with Gasteiger partial charge in [0.25, 0.3) is 0 Å². The zero-order chi connectivity index (χ0) is 13.2. The van der Waals surface area contributed by atoms with E-state index in [2.05, 4.69) is 14.8 Å². The highest BCUT2D eigenvalue weighted by molar-refractivity contribution is 5.78. The summed E-state index contributed by atoms with van der Waals surface area (Å²) in [6.45, 7) is 2.92. The lowest BCUT2D eigenvalue weighted by molar-refractivity contribution is -0.128. The van der Waals surface area contributed by atoms with Gasteiger partial charge in [0.2, 0.25) is 5.91 Å². The maximum Gasteiger partial charge on any atom is 0.223 e. The molecule has 6 nitrogen and oxygen atoms in total. The largest absolute Gasteiger partial charge is 0.335 e. The van der Waals surface area contributed by atoms with Gasteiger partial charge in [0.1, 0.15) is 5.82 Å². The van der Waals surface area contributed by atoms with Crippen LogP contribution in [0.25, 0.3) is 0 Å². The molecule has 104 valence electrons. The minimum Gasteiger partial charge on any atom is -0.335 e. The van der Waals surface area contributed by atoms with Crippen LogP contribution in [0.2, 0.25) is 0 Å². The van der Waals surface area contributed by atoms with Crippen molar-refractivity contribution in [3.8, 4) is 0 Å². The first-order chi connectivity index (χ1) is 9.28. The Morgan fingerprint density at radius 2 is 2.16 bits per heavy atom. The Morgan fingerprint density at radius 1 is 1.26 bits per heavy atom. The molecular formula is C13H21N5O. The number of likely N-dealkylation sites (tertiary alicyclic amines) is 1. The second-order valence-corrected chi connectivity index (χ2v) is 5.57. The molecule has 1 amide bonds. The number of fused-ring (bicyclic) bond motifs is 1. The summed E-state index contributed by atoms with van der Waals surface area (Å²) in [5.74, 6) is 2.51. The number of amides is 1. The highest BCUT2D eigenvalue weighted by Gasteiger charge is 2.30. The average molecular weight is 263 g/mol. The molecule has 0 aliphatic carbocycles. The summed E-state index contributed by atoms with van der Waals surface area (Å²) in [5, 5.41) is 8.55. The Morgan fingerprint density at radius 3 is 2.95 bits per heavy atom. The lowest BCUT2D eigenvalue weighted by Gasteiger charge is -2.16. The van der Waals surface area contributed by atoms with Crippen molar-refractivity contribution in [2.45, 2.75) is 45.2 Å². The van der Waals surface area contributed by atoms with E-state index in [4.69, 9.17) is 5.73 Å². The van der Waals surface area contributed by atoms with Crippen LogP contribution in [0, 0.1) is 5.92 Å². The van der Waals surface area contributed by atoms with Gasteiger partial charge in [-0.2, -0.15) is 0 Å². The van der Waals surface area contributed by atoms with Gasteiger partial charge in [0.15, 0.2) is 5.82 Å². The van der Waals surface area contributed by atoms with Crippen molar-refractivity contribution in [1.29, 1.82) is 0 Å². The summed E-state index contributed by atoms with van der Waals surface area (Å²) in [6, 6.07) is 0. The molecule has 0 bridgehead atoms. The molecular weight excluding hydrogens is 242 g/mol. The summed E-state index contributed by atoms with van der Waals surface area (Å²) < 4.78 is 2.20. The zero-order valence-corrected chi connectivity index (χ0v) is 11.2. The lowest BCUT2D eigenvalue weighted by Crippen LogP contribution is -2.27. The van der Waals surface area contributed by atoms with Gasteiger partial charge in [0.05, 0.1) is 6.54 Å². The third kappa shape index (κ3) is 2.49. The third-order valence-corrected chi connectivity index (χ3v) is 4.15. The molecule has 0 radical (unpaired) electrons. The van der Waals surface area contributed by atoms with Gasteiger partial charge >= 0.3 is 0 Å². The normalized spacial score (nSPS) is 23.5. The number of hydrogen-bond acceptors (Lipinski definition) is 4. The van der Waals surface area contributed by atoms with Crippen molar-refractivity contribution in [1.82, 2.24) is 19.7 Å². The van der Waals surface area contributed by atoms with Gasteiger partial charge in [-0.05, 0) is 25.3 Å². The van der Waals surface area contributed by atoms with Crippen LogP contribution in [0.1, 0.15) is 37.3 Å². The van der Waals surface area contributed by atoms with Crippen LogP contribution in [-0.4, -0.2) is 38.7 Å². The molecule has 1 aromatic rings. The van der Waals surface area contributed by atoms with Crippen LogP contribution in [0.4, 0.5) is 0 Å². The molecule has 2 aliphatic rings. The molecule has 2 N–H and O–H groups in total. The highest BCUT2D eigenvalue weighted by Crippen LogP contribution is 2.20. The van der Waals surface area contributed by atoms with Gasteiger partial charge in [-0.1, -0.05) is 6.42 Å². The second-order valence-electron chi connectivity index (χ2n) is 5.57. The van der Waals surface area contributed by atoms with E-state index in [1.807, 2.05) is 4.90 Å². The van der Waals surface area contributed by atoms with Crippen molar-refractivity contribution in [2.75, 3.05) is 13.1 Å². The fourth-order valence-electron chi connectivity index (χ4n) is 3.00. The summed E-state index contributed by atoms with van der Waals surface area (Å²) in [5.41, 5.74) is 5.65. The van der Waals surface area contributed by atoms with E-state index in [0.29, 0.717) is 25.4 Å². The number of carbonyl (C=O) groups is 1. The molecule has 1 saturated heterocycles. The minimum absolute atomic E-state index is 0.196. The highest BCUT2D eigenvalue weighted by atomic mass is 16.2. The van der Waals surface area contributed by atoms with E-state index in [0.717, 1.165) is 31.2 Å². The molecule has 0 saturated carbocycles. The third-order valence-electron chi connectivity index (χ3n) is 4.15. The molecule has 2 aliphatic heterocycles. The summed E-state index contributed by atoms with van der Waals surface area (Å²) >= 11 is 0. The molecule has 3 rings (SSSR count). The molecule has 0 spiro atoms. The van der Waals surface area contributed by atoms with Crippen molar-refractivity contribution in [3.63, 3.8) is 0 Å². The van der Waals surface area contributed by atoms with Gasteiger partial charge in [-0.15, -0.1) is 10.2 Å². The molecule has 1 unspecified atom stereocenters. The Balaban J connectivity index is 1.73. The Kier molecular flexibility index (Phi) is 3.50. The van der Waals surface area contributed by atoms with Gasteiger partial charge in [0, 0.05) is 25.9 Å².